The van der Waals surface area contributed by atoms with Crippen LogP contribution in [0, 0.1) is 5.82 Å². The van der Waals surface area contributed by atoms with Gasteiger partial charge in [-0.1, -0.05) is 6.07 Å². The second-order valence-corrected chi connectivity index (χ2v) is 4.38. The van der Waals surface area contributed by atoms with E-state index < -0.39 is 23.3 Å². The van der Waals surface area contributed by atoms with Crippen molar-refractivity contribution >= 4 is 23.1 Å². The Morgan fingerprint density at radius 2 is 1.95 bits per heavy atom. The molecule has 2 rings (SSSR count). The lowest BCUT2D eigenvalue weighted by molar-refractivity contribution is -0.144. The lowest BCUT2D eigenvalue weighted by atomic mass is 10.2. The smallest absolute Gasteiger partial charge is 0.369 e. The van der Waals surface area contributed by atoms with Crippen molar-refractivity contribution in [3.05, 3.63) is 29.8 Å². The maximum Gasteiger partial charge on any atom is 0.451 e. The molecule has 1 aromatic carbocycles. The number of alkyl halides is 3. The zero-order chi connectivity index (χ0) is 16.2. The fourth-order valence-electron chi connectivity index (χ4n) is 1.83. The van der Waals surface area contributed by atoms with Gasteiger partial charge in [-0.15, -0.1) is 0 Å². The van der Waals surface area contributed by atoms with E-state index in [1.165, 1.54) is 12.1 Å². The number of amides is 1. The Labute approximate surface area is 122 Å². The Bertz CT molecular complexity index is 675. The normalized spacial score (nSPS) is 11.5. The summed E-state index contributed by atoms with van der Waals surface area (Å²) in [4.78, 5) is 16.8. The highest BCUT2D eigenvalue weighted by Gasteiger charge is 2.35. The average molecular weight is 316 g/mol. The van der Waals surface area contributed by atoms with Crippen LogP contribution in [0.2, 0.25) is 0 Å². The Morgan fingerprint density at radius 3 is 2.64 bits per heavy atom. The van der Waals surface area contributed by atoms with Crippen molar-refractivity contribution in [2.24, 2.45) is 0 Å². The summed E-state index contributed by atoms with van der Waals surface area (Å²) in [5, 5.41) is 5.30. The van der Waals surface area contributed by atoms with Gasteiger partial charge in [0.1, 0.15) is 17.2 Å². The maximum absolute atomic E-state index is 13.7. The van der Waals surface area contributed by atoms with E-state index in [0.29, 0.717) is 19.4 Å². The topological polar surface area (TPSA) is 66.9 Å². The number of carbonyl (C=O) groups excluding carboxylic acids is 1. The standard InChI is InChI=1S/C13H12F4N4O/c14-9-4-1-3-8-10(9)20-12(13(15,16)17)21-11(8)19-6-2-5-18-7-22/h1,3-4,7H,2,5-6H2,(H,18,22)(H,19,20,21). The summed E-state index contributed by atoms with van der Waals surface area (Å²) in [6.45, 7) is 0.626. The number of nitrogens with one attached hydrogen (secondary N) is 2. The van der Waals surface area contributed by atoms with Crippen LogP contribution in [0.1, 0.15) is 12.2 Å². The summed E-state index contributed by atoms with van der Waals surface area (Å²) >= 11 is 0. The van der Waals surface area contributed by atoms with Crippen LogP contribution < -0.4 is 10.6 Å². The second-order valence-electron chi connectivity index (χ2n) is 4.38. The van der Waals surface area contributed by atoms with E-state index in [-0.39, 0.29) is 17.7 Å². The van der Waals surface area contributed by atoms with Gasteiger partial charge in [0.2, 0.25) is 12.2 Å². The lowest BCUT2D eigenvalue weighted by Gasteiger charge is -2.12. The number of aromatic nitrogens is 2. The van der Waals surface area contributed by atoms with Crippen molar-refractivity contribution in [2.75, 3.05) is 18.4 Å². The molecule has 0 saturated heterocycles. The summed E-state index contributed by atoms with van der Waals surface area (Å²) in [5.74, 6) is -2.35. The van der Waals surface area contributed by atoms with Gasteiger partial charge in [-0.2, -0.15) is 13.2 Å². The largest absolute Gasteiger partial charge is 0.451 e. The number of carbonyl (C=O) groups is 1. The SMILES string of the molecule is O=CNCCCNc1nc(C(F)(F)F)nc2c(F)cccc12. The number of rotatable bonds is 6. The third-order valence-corrected chi connectivity index (χ3v) is 2.80. The minimum absolute atomic E-state index is 0.0945. The number of halogens is 4. The van der Waals surface area contributed by atoms with Crippen LogP contribution in [-0.2, 0) is 11.0 Å². The molecule has 1 amide bonds. The first-order valence-electron chi connectivity index (χ1n) is 6.38. The first-order valence-corrected chi connectivity index (χ1v) is 6.38. The molecule has 0 fully saturated rings. The number of hydrogen-bond donors (Lipinski definition) is 2. The van der Waals surface area contributed by atoms with Gasteiger partial charge in [0.25, 0.3) is 0 Å². The molecule has 22 heavy (non-hydrogen) atoms. The van der Waals surface area contributed by atoms with Crippen LogP contribution >= 0.6 is 0 Å². The van der Waals surface area contributed by atoms with E-state index in [9.17, 15) is 22.4 Å². The van der Waals surface area contributed by atoms with Crippen molar-refractivity contribution < 1.29 is 22.4 Å². The Kier molecular flexibility index (Phi) is 4.74. The van der Waals surface area contributed by atoms with E-state index >= 15 is 0 Å². The Hall–Kier alpha value is -2.45. The van der Waals surface area contributed by atoms with Crippen molar-refractivity contribution in [3.63, 3.8) is 0 Å². The van der Waals surface area contributed by atoms with Gasteiger partial charge < -0.3 is 10.6 Å². The molecule has 1 aromatic heterocycles. The van der Waals surface area contributed by atoms with Crippen LogP contribution in [0.25, 0.3) is 10.9 Å². The number of para-hydroxylation sites is 1. The predicted octanol–water partition coefficient (Wildman–Crippen LogP) is 2.34. The molecule has 0 atom stereocenters. The van der Waals surface area contributed by atoms with Crippen LogP contribution in [0.4, 0.5) is 23.4 Å². The van der Waals surface area contributed by atoms with Gasteiger partial charge >= 0.3 is 6.18 Å². The summed E-state index contributed by atoms with van der Waals surface area (Å²) in [7, 11) is 0. The highest BCUT2D eigenvalue weighted by molar-refractivity contribution is 5.89. The quantitative estimate of drug-likeness (QED) is 0.488. The fraction of sp³-hybridized carbons (Fsp3) is 0.308. The van der Waals surface area contributed by atoms with Crippen LogP contribution in [0.15, 0.2) is 18.2 Å². The molecular weight excluding hydrogens is 304 g/mol. The molecule has 0 spiro atoms. The number of anilines is 1. The van der Waals surface area contributed by atoms with E-state index in [2.05, 4.69) is 20.6 Å². The molecule has 0 aliphatic heterocycles. The molecule has 0 unspecified atom stereocenters. The lowest BCUT2D eigenvalue weighted by Crippen LogP contribution is -2.18. The molecule has 118 valence electrons. The summed E-state index contributed by atoms with van der Waals surface area (Å²) in [5.41, 5.74) is -0.390. The molecule has 2 aromatic rings. The van der Waals surface area contributed by atoms with E-state index in [0.717, 1.165) is 6.07 Å². The van der Waals surface area contributed by atoms with Gasteiger partial charge in [-0.05, 0) is 18.6 Å². The zero-order valence-corrected chi connectivity index (χ0v) is 11.2. The number of fused-ring (bicyclic) bond motifs is 1. The monoisotopic (exact) mass is 316 g/mol. The van der Waals surface area contributed by atoms with Crippen molar-refractivity contribution in [1.29, 1.82) is 0 Å². The molecule has 5 nitrogen and oxygen atoms in total. The van der Waals surface area contributed by atoms with Crippen LogP contribution in [-0.4, -0.2) is 29.5 Å². The van der Waals surface area contributed by atoms with Crippen molar-refractivity contribution in [2.45, 2.75) is 12.6 Å². The molecule has 9 heteroatoms. The molecule has 0 aliphatic rings. The van der Waals surface area contributed by atoms with Crippen LogP contribution in [0.3, 0.4) is 0 Å². The predicted molar refractivity (Wildman–Crippen MR) is 71.7 cm³/mol. The van der Waals surface area contributed by atoms with Gasteiger partial charge in [0.15, 0.2) is 0 Å². The zero-order valence-electron chi connectivity index (χ0n) is 11.2. The Morgan fingerprint density at radius 1 is 1.18 bits per heavy atom. The summed E-state index contributed by atoms with van der Waals surface area (Å²) in [6.07, 6.45) is -3.77. The number of hydrogen-bond acceptors (Lipinski definition) is 4. The molecule has 0 bridgehead atoms. The Balaban J connectivity index is 2.34. The van der Waals surface area contributed by atoms with Gasteiger partial charge in [0, 0.05) is 18.5 Å². The average Bonchev–Trinajstić information content (AvgIpc) is 2.46. The van der Waals surface area contributed by atoms with E-state index in [1.807, 2.05) is 0 Å². The third kappa shape index (κ3) is 3.60. The highest BCUT2D eigenvalue weighted by Crippen LogP contribution is 2.31. The van der Waals surface area contributed by atoms with Crippen LogP contribution in [0.5, 0.6) is 0 Å². The first-order chi connectivity index (χ1) is 10.4. The third-order valence-electron chi connectivity index (χ3n) is 2.80. The highest BCUT2D eigenvalue weighted by atomic mass is 19.4. The summed E-state index contributed by atoms with van der Waals surface area (Å²) in [6, 6.07) is 3.84. The van der Waals surface area contributed by atoms with Gasteiger partial charge in [-0.25, -0.2) is 14.4 Å². The van der Waals surface area contributed by atoms with Crippen molar-refractivity contribution in [3.8, 4) is 0 Å². The maximum atomic E-state index is 13.7. The second kappa shape index (κ2) is 6.54. The molecule has 0 saturated carbocycles. The molecule has 0 radical (unpaired) electrons. The van der Waals surface area contributed by atoms with Crippen molar-refractivity contribution in [1.82, 2.24) is 15.3 Å². The minimum atomic E-state index is -4.77. The minimum Gasteiger partial charge on any atom is -0.369 e. The molecule has 2 N–H and O–H groups in total. The summed E-state index contributed by atoms with van der Waals surface area (Å²) < 4.78 is 52.1. The molecule has 0 aliphatic carbocycles. The fourth-order valence-corrected chi connectivity index (χ4v) is 1.83. The van der Waals surface area contributed by atoms with Gasteiger partial charge in [-0.3, -0.25) is 4.79 Å². The number of nitrogens with zero attached hydrogens (tertiary/aromatic N) is 2. The number of benzene rings is 1. The molecular formula is C13H12F4N4O. The van der Waals surface area contributed by atoms with E-state index in [4.69, 9.17) is 0 Å². The van der Waals surface area contributed by atoms with E-state index in [1.54, 1.807) is 0 Å². The van der Waals surface area contributed by atoms with Gasteiger partial charge in [0.05, 0.1) is 0 Å². The molecule has 1 heterocycles. The first kappa shape index (κ1) is 15.9.